The van der Waals surface area contributed by atoms with Crippen LogP contribution in [0, 0.1) is 13.1 Å². The number of carbonyl (C=O) groups excluding carboxylic acids is 1. The van der Waals surface area contributed by atoms with E-state index < -0.39 is 17.2 Å². The summed E-state index contributed by atoms with van der Waals surface area (Å²) >= 11 is 5.92. The second kappa shape index (κ2) is 14.3. The third-order valence-corrected chi connectivity index (χ3v) is 5.94. The number of nitrogens with two attached hydrogens (primary N) is 1. The topological polar surface area (TPSA) is 155 Å². The normalized spacial score (nSPS) is 13.2. The number of carbonyl (C=O) groups is 2. The fourth-order valence-electron chi connectivity index (χ4n) is 1.56. The highest BCUT2D eigenvalue weighted by atomic mass is 79.9. The molecule has 33 heavy (non-hydrogen) atoms. The van der Waals surface area contributed by atoms with Gasteiger partial charge in [0.1, 0.15) is 18.0 Å². The first-order valence-corrected chi connectivity index (χ1v) is 11.3. The Morgan fingerprint density at radius 3 is 1.76 bits per heavy atom. The van der Waals surface area contributed by atoms with Crippen molar-refractivity contribution in [3.05, 3.63) is 65.1 Å². The van der Waals surface area contributed by atoms with Gasteiger partial charge < -0.3 is 30.7 Å². The number of hydrogen-bond donors (Lipinski definition) is 4. The van der Waals surface area contributed by atoms with E-state index in [4.69, 9.17) is 29.1 Å². The number of carboxylic acid groups (broad SMARTS) is 1. The van der Waals surface area contributed by atoms with Gasteiger partial charge in [-0.25, -0.2) is 4.79 Å². The van der Waals surface area contributed by atoms with Crippen molar-refractivity contribution in [1.29, 1.82) is 0 Å². The van der Waals surface area contributed by atoms with Gasteiger partial charge in [0.05, 0.1) is 5.69 Å². The van der Waals surface area contributed by atoms with Gasteiger partial charge in [0, 0.05) is 22.6 Å². The number of carboxylic acids is 1. The van der Waals surface area contributed by atoms with E-state index in [1.807, 2.05) is 0 Å². The Kier molecular flexibility index (Phi) is 13.0. The van der Waals surface area contributed by atoms with Crippen LogP contribution >= 0.6 is 31.9 Å². The van der Waals surface area contributed by atoms with E-state index in [0.29, 0.717) is 22.9 Å². The maximum Gasteiger partial charge on any atom is 0.336 e. The highest BCUT2D eigenvalue weighted by Gasteiger charge is 2.28. The van der Waals surface area contributed by atoms with Crippen LogP contribution < -0.4 is 5.73 Å². The third kappa shape index (κ3) is 11.5. The van der Waals surface area contributed by atoms with E-state index in [1.165, 1.54) is 26.2 Å². The van der Waals surface area contributed by atoms with Gasteiger partial charge in [-0.05, 0) is 32.0 Å². The van der Waals surface area contributed by atoms with Crippen LogP contribution in [0.5, 0.6) is 0 Å². The van der Waals surface area contributed by atoms with E-state index in [1.54, 1.807) is 24.3 Å². The van der Waals surface area contributed by atoms with Gasteiger partial charge in [-0.1, -0.05) is 51.1 Å². The SMILES string of the molecule is C[C@](O)(CBr)C(=O)O.[C-]#[N+]c1ccc(CC(=O)[C@@](C)(O)CBr)cn1.[C-]#[N+]c1ccc(N)cn1. The zero-order valence-corrected chi connectivity index (χ0v) is 21.0. The Hall–Kier alpha value is -2.90. The van der Waals surface area contributed by atoms with Crippen molar-refractivity contribution >= 4 is 60.9 Å². The molecule has 0 aliphatic heterocycles. The molecule has 2 rings (SSSR count). The van der Waals surface area contributed by atoms with Crippen LogP contribution in [0.25, 0.3) is 9.69 Å². The number of aliphatic hydroxyl groups is 2. The summed E-state index contributed by atoms with van der Waals surface area (Å²) < 4.78 is 0. The van der Waals surface area contributed by atoms with Crippen LogP contribution in [0.3, 0.4) is 0 Å². The average molecular weight is 585 g/mol. The second-order valence-electron chi connectivity index (χ2n) is 6.92. The lowest BCUT2D eigenvalue weighted by Gasteiger charge is -2.18. The highest BCUT2D eigenvalue weighted by Crippen LogP contribution is 2.14. The van der Waals surface area contributed by atoms with E-state index in [0.717, 1.165) is 0 Å². The van der Waals surface area contributed by atoms with Crippen molar-refractivity contribution in [2.75, 3.05) is 16.4 Å². The summed E-state index contributed by atoms with van der Waals surface area (Å²) in [7, 11) is 0. The summed E-state index contributed by atoms with van der Waals surface area (Å²) in [5.41, 5.74) is 3.61. The van der Waals surface area contributed by atoms with E-state index in [-0.39, 0.29) is 22.9 Å². The first-order chi connectivity index (χ1) is 15.3. The number of aromatic nitrogens is 2. The number of pyridine rings is 2. The van der Waals surface area contributed by atoms with Crippen LogP contribution in [0.1, 0.15) is 19.4 Å². The smallest absolute Gasteiger partial charge is 0.336 e. The minimum atomic E-state index is -1.62. The van der Waals surface area contributed by atoms with E-state index in [2.05, 4.69) is 51.5 Å². The van der Waals surface area contributed by atoms with E-state index in [9.17, 15) is 14.7 Å². The Morgan fingerprint density at radius 2 is 1.45 bits per heavy atom. The molecule has 2 aromatic rings. The molecular weight excluding hydrogens is 562 g/mol. The number of aliphatic carboxylic acids is 1. The maximum absolute atomic E-state index is 11.7. The second-order valence-corrected chi connectivity index (χ2v) is 8.04. The predicted octanol–water partition coefficient (Wildman–Crippen LogP) is 3.32. The number of halogens is 2. The number of nitrogen functional groups attached to an aromatic ring is 1. The Balaban J connectivity index is 0.000000511. The summed E-state index contributed by atoms with van der Waals surface area (Å²) in [6.45, 7) is 16.0. The lowest BCUT2D eigenvalue weighted by atomic mass is 9.98. The monoisotopic (exact) mass is 583 g/mol. The molecule has 10 nitrogen and oxygen atoms in total. The van der Waals surface area contributed by atoms with E-state index >= 15 is 0 Å². The minimum absolute atomic E-state index is 0.0509. The van der Waals surface area contributed by atoms with Crippen molar-refractivity contribution in [2.24, 2.45) is 0 Å². The summed E-state index contributed by atoms with van der Waals surface area (Å²) in [6.07, 6.45) is 3.06. The Bertz CT molecular complexity index is 998. The summed E-state index contributed by atoms with van der Waals surface area (Å²) in [5.74, 6) is -0.816. The van der Waals surface area contributed by atoms with Crippen molar-refractivity contribution in [3.63, 3.8) is 0 Å². The molecule has 2 aromatic heterocycles. The number of anilines is 1. The quantitative estimate of drug-likeness (QED) is 0.298. The molecule has 2 atom stereocenters. The molecule has 0 aromatic carbocycles. The van der Waals surface area contributed by atoms with Gasteiger partial charge in [0.15, 0.2) is 11.4 Å². The molecule has 0 unspecified atom stereocenters. The van der Waals surface area contributed by atoms with Crippen LogP contribution in [-0.2, 0) is 16.0 Å². The minimum Gasteiger partial charge on any atom is -0.479 e. The molecule has 0 aliphatic carbocycles. The van der Waals surface area contributed by atoms with Gasteiger partial charge in [-0.2, -0.15) is 0 Å². The standard InChI is InChI=1S/C11H11BrN2O2.C6H5N3.C4H7BrO3/c1-11(16,7-12)9(15)5-8-3-4-10(13-2)14-6-8;1-8-6-3-2-5(7)4-9-6;1-4(8,2-5)3(6)7/h3-4,6,16H,5,7H2,1H3;2-4H,7H2;8H,2H2,1H3,(H,6,7)/t11-;;4-/m0.0/s1. The zero-order valence-electron chi connectivity index (χ0n) is 17.9. The van der Waals surface area contributed by atoms with Crippen LogP contribution in [0.2, 0.25) is 0 Å². The molecule has 0 saturated carbocycles. The van der Waals surface area contributed by atoms with Crippen molar-refractivity contribution < 1.29 is 24.9 Å². The van der Waals surface area contributed by atoms with Gasteiger partial charge >= 0.3 is 5.97 Å². The molecule has 0 aliphatic rings. The molecule has 5 N–H and O–H groups in total. The van der Waals surface area contributed by atoms with Gasteiger partial charge in [0.25, 0.3) is 11.6 Å². The molecule has 2 heterocycles. The lowest BCUT2D eigenvalue weighted by Crippen LogP contribution is -2.38. The van der Waals surface area contributed by atoms with Crippen LogP contribution in [0.4, 0.5) is 17.3 Å². The number of hydrogen-bond acceptors (Lipinski definition) is 7. The number of alkyl halides is 2. The summed E-state index contributed by atoms with van der Waals surface area (Å²) in [4.78, 5) is 35.4. The van der Waals surface area contributed by atoms with Crippen molar-refractivity contribution in [2.45, 2.75) is 31.5 Å². The summed E-state index contributed by atoms with van der Waals surface area (Å²) in [6, 6.07) is 6.46. The molecule has 0 bridgehead atoms. The molecule has 12 heteroatoms. The molecule has 0 spiro atoms. The molecule has 0 saturated heterocycles. The van der Waals surface area contributed by atoms with Gasteiger partial charge in [-0.15, -0.1) is 9.97 Å². The van der Waals surface area contributed by atoms with Crippen molar-refractivity contribution in [3.8, 4) is 0 Å². The first kappa shape index (κ1) is 30.1. The summed E-state index contributed by atoms with van der Waals surface area (Å²) in [5, 5.41) is 26.9. The Labute approximate surface area is 208 Å². The number of nitrogens with zero attached hydrogens (tertiary/aromatic N) is 4. The fourth-order valence-corrected chi connectivity index (χ4v) is 2.11. The van der Waals surface area contributed by atoms with Gasteiger partial charge in [-0.3, -0.25) is 4.79 Å². The molecule has 0 radical (unpaired) electrons. The molecule has 176 valence electrons. The predicted molar refractivity (Wildman–Crippen MR) is 131 cm³/mol. The molecular formula is C21H23Br2N5O5. The van der Waals surface area contributed by atoms with Crippen LogP contribution in [0.15, 0.2) is 36.7 Å². The van der Waals surface area contributed by atoms with Gasteiger partial charge in [0.2, 0.25) is 0 Å². The third-order valence-electron chi connectivity index (χ3n) is 3.76. The lowest BCUT2D eigenvalue weighted by molar-refractivity contribution is -0.154. The highest BCUT2D eigenvalue weighted by molar-refractivity contribution is 9.09. The first-order valence-electron chi connectivity index (χ1n) is 9.07. The number of rotatable bonds is 6. The zero-order chi connectivity index (χ0) is 25.7. The number of Topliss-reactive ketones (excluding diaryl/α,β-unsaturated/α-hetero) is 1. The Morgan fingerprint density at radius 1 is 0.970 bits per heavy atom. The largest absolute Gasteiger partial charge is 0.479 e. The molecule has 0 amide bonds. The maximum atomic E-state index is 11.7. The molecule has 0 fully saturated rings. The average Bonchev–Trinajstić information content (AvgIpc) is 2.80. The number of ketones is 1. The van der Waals surface area contributed by atoms with Crippen molar-refractivity contribution in [1.82, 2.24) is 9.97 Å². The fraction of sp³-hybridized carbons (Fsp3) is 0.333. The van der Waals surface area contributed by atoms with Crippen LogP contribution in [-0.4, -0.2) is 58.9 Å².